The first-order valence-electron chi connectivity index (χ1n) is 10.9. The Bertz CT molecular complexity index is 789. The van der Waals surface area contributed by atoms with Crippen LogP contribution in [-0.4, -0.2) is 94.5 Å². The number of amides is 5. The molecular formula is C20H34N6O8. The summed E-state index contributed by atoms with van der Waals surface area (Å²) in [6, 6.07) is -4.46. The van der Waals surface area contributed by atoms with E-state index in [1.165, 1.54) is 4.90 Å². The number of hydrogen-bond donors (Lipinski definition) is 7. The van der Waals surface area contributed by atoms with Crippen molar-refractivity contribution in [2.45, 2.75) is 63.7 Å². The van der Waals surface area contributed by atoms with Crippen molar-refractivity contribution in [2.24, 2.45) is 17.4 Å². The second-order valence-electron chi connectivity index (χ2n) is 8.39. The van der Waals surface area contributed by atoms with Gasteiger partial charge in [-0.15, -0.1) is 0 Å². The van der Waals surface area contributed by atoms with Gasteiger partial charge in [0.1, 0.15) is 24.7 Å². The quantitative estimate of drug-likeness (QED) is 0.136. The lowest BCUT2D eigenvalue weighted by Crippen LogP contribution is -2.59. The monoisotopic (exact) mass is 486 g/mol. The van der Waals surface area contributed by atoms with Crippen LogP contribution in [0.3, 0.4) is 0 Å². The first-order valence-corrected chi connectivity index (χ1v) is 10.9. The molecule has 0 aromatic rings. The van der Waals surface area contributed by atoms with Crippen LogP contribution in [0.1, 0.15) is 39.5 Å². The zero-order valence-electron chi connectivity index (χ0n) is 19.3. The second-order valence-corrected chi connectivity index (χ2v) is 8.39. The number of nitrogens with two attached hydrogens (primary N) is 2. The number of carbonyl (C=O) groups is 6. The average Bonchev–Trinajstić information content (AvgIpc) is 3.26. The van der Waals surface area contributed by atoms with Crippen LogP contribution < -0.4 is 27.4 Å². The molecule has 1 aliphatic rings. The summed E-state index contributed by atoms with van der Waals surface area (Å²) >= 11 is 0. The van der Waals surface area contributed by atoms with E-state index in [-0.39, 0.29) is 25.3 Å². The smallest absolute Gasteiger partial charge is 0.322 e. The Morgan fingerprint density at radius 3 is 2.26 bits per heavy atom. The number of carbonyl (C=O) groups excluding carboxylic acids is 5. The zero-order valence-corrected chi connectivity index (χ0v) is 19.3. The molecule has 14 nitrogen and oxygen atoms in total. The molecule has 1 fully saturated rings. The molecule has 0 aromatic heterocycles. The van der Waals surface area contributed by atoms with Gasteiger partial charge in [-0.2, -0.15) is 0 Å². The number of hydrogen-bond acceptors (Lipinski definition) is 8. The Kier molecular flexibility index (Phi) is 11.4. The first-order chi connectivity index (χ1) is 15.9. The Labute approximate surface area is 196 Å². The van der Waals surface area contributed by atoms with E-state index in [0.29, 0.717) is 12.8 Å². The van der Waals surface area contributed by atoms with Crippen molar-refractivity contribution in [3.05, 3.63) is 0 Å². The van der Waals surface area contributed by atoms with Crippen LogP contribution >= 0.6 is 0 Å². The average molecular weight is 487 g/mol. The highest BCUT2D eigenvalue weighted by Gasteiger charge is 2.39. The maximum Gasteiger partial charge on any atom is 0.322 e. The molecule has 5 amide bonds. The summed E-state index contributed by atoms with van der Waals surface area (Å²) in [6.07, 6.45) is 0.607. The van der Waals surface area contributed by atoms with Crippen LogP contribution in [0.15, 0.2) is 0 Å². The number of rotatable bonds is 13. The van der Waals surface area contributed by atoms with Gasteiger partial charge in [0.25, 0.3) is 0 Å². The number of aliphatic hydroxyl groups is 1. The van der Waals surface area contributed by atoms with Crippen molar-refractivity contribution in [3.63, 3.8) is 0 Å². The predicted octanol–water partition coefficient (Wildman–Crippen LogP) is -3.61. The van der Waals surface area contributed by atoms with E-state index in [4.69, 9.17) is 16.6 Å². The van der Waals surface area contributed by atoms with E-state index in [9.17, 15) is 33.9 Å². The molecule has 0 bridgehead atoms. The molecule has 34 heavy (non-hydrogen) atoms. The molecule has 192 valence electrons. The molecule has 14 heteroatoms. The van der Waals surface area contributed by atoms with Crippen LogP contribution in [0, 0.1) is 5.92 Å². The van der Waals surface area contributed by atoms with E-state index < -0.39 is 72.8 Å². The SMILES string of the molecule is CC(C)[C@H](NC(=O)[C@@H]1CCCN1C(=O)[C@H](CO)NC(=O)[C@@H](N)CCC(N)=O)C(=O)NCC(=O)O. The largest absolute Gasteiger partial charge is 0.480 e. The highest BCUT2D eigenvalue weighted by molar-refractivity contribution is 5.95. The summed E-state index contributed by atoms with van der Waals surface area (Å²) in [7, 11) is 0. The van der Waals surface area contributed by atoms with Gasteiger partial charge in [0.2, 0.25) is 29.5 Å². The van der Waals surface area contributed by atoms with Gasteiger partial charge in [-0.05, 0) is 25.2 Å². The molecule has 0 spiro atoms. The number of carboxylic acids is 1. The molecule has 0 radical (unpaired) electrons. The number of aliphatic carboxylic acids is 1. The summed E-state index contributed by atoms with van der Waals surface area (Å²) in [5.41, 5.74) is 10.7. The molecule has 1 saturated heterocycles. The molecule has 0 saturated carbocycles. The third-order valence-electron chi connectivity index (χ3n) is 5.33. The van der Waals surface area contributed by atoms with E-state index >= 15 is 0 Å². The molecule has 4 atom stereocenters. The molecule has 1 rings (SSSR count). The van der Waals surface area contributed by atoms with Crippen molar-refractivity contribution < 1.29 is 39.0 Å². The minimum absolute atomic E-state index is 0.0389. The fourth-order valence-electron chi connectivity index (χ4n) is 3.45. The molecular weight excluding hydrogens is 452 g/mol. The Hall–Kier alpha value is -3.26. The minimum Gasteiger partial charge on any atom is -0.480 e. The van der Waals surface area contributed by atoms with Gasteiger partial charge in [0.15, 0.2) is 0 Å². The lowest BCUT2D eigenvalue weighted by Gasteiger charge is -2.30. The first kappa shape index (κ1) is 28.8. The minimum atomic E-state index is -1.36. The van der Waals surface area contributed by atoms with Crippen LogP contribution in [0.25, 0.3) is 0 Å². The maximum absolute atomic E-state index is 13.0. The second kappa shape index (κ2) is 13.4. The van der Waals surface area contributed by atoms with Crippen molar-refractivity contribution >= 4 is 35.5 Å². The van der Waals surface area contributed by atoms with Gasteiger partial charge in [-0.25, -0.2) is 0 Å². The fraction of sp³-hybridized carbons (Fsp3) is 0.700. The summed E-state index contributed by atoms with van der Waals surface area (Å²) in [5.74, 6) is -4.99. The van der Waals surface area contributed by atoms with Crippen molar-refractivity contribution in [1.82, 2.24) is 20.9 Å². The summed E-state index contributed by atoms with van der Waals surface area (Å²) in [4.78, 5) is 73.1. The molecule has 1 aliphatic heterocycles. The number of nitrogens with one attached hydrogen (secondary N) is 3. The van der Waals surface area contributed by atoms with E-state index in [1.54, 1.807) is 13.8 Å². The van der Waals surface area contributed by atoms with Crippen LogP contribution in [0.4, 0.5) is 0 Å². The number of primary amides is 1. The predicted molar refractivity (Wildman–Crippen MR) is 118 cm³/mol. The lowest BCUT2D eigenvalue weighted by atomic mass is 10.0. The van der Waals surface area contributed by atoms with Crippen LogP contribution in [0.5, 0.6) is 0 Å². The van der Waals surface area contributed by atoms with Gasteiger partial charge in [-0.3, -0.25) is 28.8 Å². The number of nitrogens with zero attached hydrogens (tertiary/aromatic N) is 1. The summed E-state index contributed by atoms with van der Waals surface area (Å²) in [5, 5.41) is 25.5. The number of likely N-dealkylation sites (tertiary alicyclic amines) is 1. The third-order valence-corrected chi connectivity index (χ3v) is 5.33. The van der Waals surface area contributed by atoms with Gasteiger partial charge in [0, 0.05) is 13.0 Å². The van der Waals surface area contributed by atoms with Gasteiger partial charge in [0.05, 0.1) is 12.6 Å². The van der Waals surface area contributed by atoms with E-state index in [2.05, 4.69) is 16.0 Å². The summed E-state index contributed by atoms with van der Waals surface area (Å²) < 4.78 is 0. The highest BCUT2D eigenvalue weighted by Crippen LogP contribution is 2.19. The van der Waals surface area contributed by atoms with Gasteiger partial charge >= 0.3 is 5.97 Å². The normalized spacial score (nSPS) is 18.0. The molecule has 0 aromatic carbocycles. The van der Waals surface area contributed by atoms with E-state index in [1.807, 2.05) is 0 Å². The number of aliphatic hydroxyl groups excluding tert-OH is 1. The topological polar surface area (TPSA) is 234 Å². The van der Waals surface area contributed by atoms with Crippen molar-refractivity contribution in [3.8, 4) is 0 Å². The Morgan fingerprint density at radius 1 is 1.09 bits per heavy atom. The molecule has 1 heterocycles. The molecule has 0 unspecified atom stereocenters. The Balaban J connectivity index is 2.84. The van der Waals surface area contributed by atoms with Crippen molar-refractivity contribution in [2.75, 3.05) is 19.7 Å². The lowest BCUT2D eigenvalue weighted by molar-refractivity contribution is -0.143. The van der Waals surface area contributed by atoms with Gasteiger partial charge in [-0.1, -0.05) is 13.8 Å². The van der Waals surface area contributed by atoms with E-state index in [0.717, 1.165) is 0 Å². The maximum atomic E-state index is 13.0. The molecule has 9 N–H and O–H groups in total. The number of carboxylic acid groups (broad SMARTS) is 1. The Morgan fingerprint density at radius 2 is 1.74 bits per heavy atom. The fourth-order valence-corrected chi connectivity index (χ4v) is 3.45. The van der Waals surface area contributed by atoms with Crippen LogP contribution in [-0.2, 0) is 28.8 Å². The molecule has 0 aliphatic carbocycles. The standard InChI is InChI=1S/C20H34N6O8/c1-10(2)16(19(33)23-8-15(29)30)25-18(32)13-4-3-7-26(13)20(34)12(9-27)24-17(31)11(21)5-6-14(22)28/h10-13,16,27H,3-9,21H2,1-2H3,(H2,22,28)(H,23,33)(H,24,31)(H,25,32)(H,29,30)/t11-,12-,13-,16-/m0/s1. The van der Waals surface area contributed by atoms with Gasteiger partial charge < -0.3 is 42.5 Å². The van der Waals surface area contributed by atoms with Crippen molar-refractivity contribution in [1.29, 1.82) is 0 Å². The summed E-state index contributed by atoms with van der Waals surface area (Å²) in [6.45, 7) is 2.17. The third kappa shape index (κ3) is 8.59. The highest BCUT2D eigenvalue weighted by atomic mass is 16.4. The van der Waals surface area contributed by atoms with Crippen LogP contribution in [0.2, 0.25) is 0 Å². The zero-order chi connectivity index (χ0) is 26.0.